The third-order valence-corrected chi connectivity index (χ3v) is 5.91. The molecule has 1 heterocycles. The van der Waals surface area contributed by atoms with Crippen LogP contribution in [0.2, 0.25) is 0 Å². The maximum atomic E-state index is 13.3. The minimum absolute atomic E-state index is 0.000123. The molecule has 1 atom stereocenters. The van der Waals surface area contributed by atoms with Crippen molar-refractivity contribution in [2.24, 2.45) is 0 Å². The van der Waals surface area contributed by atoms with E-state index in [-0.39, 0.29) is 11.9 Å². The van der Waals surface area contributed by atoms with Gasteiger partial charge in [-0.1, -0.05) is 48.5 Å². The Balaban J connectivity index is 1.39. The fourth-order valence-electron chi connectivity index (χ4n) is 4.04. The predicted octanol–water partition coefficient (Wildman–Crippen LogP) is 4.30. The summed E-state index contributed by atoms with van der Waals surface area (Å²) in [4.78, 5) is 17.3. The molecule has 0 radical (unpaired) electrons. The first-order valence-corrected chi connectivity index (χ1v) is 11.0. The summed E-state index contributed by atoms with van der Waals surface area (Å²) in [7, 11) is 1.62. The Morgan fingerprint density at radius 3 is 2.24 bits per heavy atom. The smallest absolute Gasteiger partial charge is 0.254 e. The largest absolute Gasteiger partial charge is 0.497 e. The molecule has 0 bridgehead atoms. The van der Waals surface area contributed by atoms with Gasteiger partial charge in [0.15, 0.2) is 0 Å². The quantitative estimate of drug-likeness (QED) is 0.547. The highest BCUT2D eigenvalue weighted by Gasteiger charge is 2.28. The Morgan fingerprint density at radius 2 is 1.58 bits per heavy atom. The van der Waals surface area contributed by atoms with Gasteiger partial charge in [-0.3, -0.25) is 9.69 Å². The molecule has 3 aromatic carbocycles. The molecule has 6 heteroatoms. The second-order valence-electron chi connectivity index (χ2n) is 7.89. The van der Waals surface area contributed by atoms with Crippen LogP contribution in [0.25, 0.3) is 0 Å². The van der Waals surface area contributed by atoms with Gasteiger partial charge in [0, 0.05) is 37.3 Å². The number of nitrogens with zero attached hydrogens (tertiary/aromatic N) is 3. The van der Waals surface area contributed by atoms with E-state index in [2.05, 4.69) is 11.0 Å². The number of ether oxygens (including phenoxy) is 2. The molecule has 0 aliphatic carbocycles. The fraction of sp³-hybridized carbons (Fsp3) is 0.259. The van der Waals surface area contributed by atoms with Crippen LogP contribution in [0.3, 0.4) is 0 Å². The normalized spacial score (nSPS) is 14.8. The van der Waals surface area contributed by atoms with Crippen LogP contribution in [0.4, 0.5) is 0 Å². The average Bonchev–Trinajstić information content (AvgIpc) is 2.89. The Kier molecular flexibility index (Phi) is 7.23. The number of hydrogen-bond donors (Lipinski definition) is 0. The van der Waals surface area contributed by atoms with Crippen molar-refractivity contribution in [3.8, 4) is 17.6 Å². The molecule has 1 unspecified atom stereocenters. The first-order chi connectivity index (χ1) is 16.2. The summed E-state index contributed by atoms with van der Waals surface area (Å²) < 4.78 is 11.1. The van der Waals surface area contributed by atoms with Crippen LogP contribution in [-0.4, -0.2) is 49.0 Å². The van der Waals surface area contributed by atoms with E-state index in [0.29, 0.717) is 38.3 Å². The zero-order valence-electron chi connectivity index (χ0n) is 18.7. The summed E-state index contributed by atoms with van der Waals surface area (Å²) in [6, 6.07) is 26.8. The maximum Gasteiger partial charge on any atom is 0.254 e. The standard InChI is InChI=1S/C27H27N3O3/c1-32-23-13-11-21(12-14-23)26(19-28)29-15-17-30(18-16-29)27(31)25-10-6-5-7-22(25)20-33-24-8-3-2-4-9-24/h2-14,26H,15-18,20H2,1H3. The number of hydrogen-bond acceptors (Lipinski definition) is 5. The number of benzene rings is 3. The lowest BCUT2D eigenvalue weighted by Crippen LogP contribution is -2.49. The number of para-hydroxylation sites is 1. The van der Waals surface area contributed by atoms with Gasteiger partial charge in [0.05, 0.1) is 13.2 Å². The number of rotatable bonds is 7. The van der Waals surface area contributed by atoms with Crippen molar-refractivity contribution in [3.05, 3.63) is 95.6 Å². The number of methoxy groups -OCH3 is 1. The summed E-state index contributed by atoms with van der Waals surface area (Å²) in [6.45, 7) is 2.75. The maximum absolute atomic E-state index is 13.3. The van der Waals surface area contributed by atoms with Crippen LogP contribution < -0.4 is 9.47 Å². The summed E-state index contributed by atoms with van der Waals surface area (Å²) in [5.74, 6) is 1.54. The summed E-state index contributed by atoms with van der Waals surface area (Å²) in [5, 5.41) is 9.78. The Hall–Kier alpha value is -3.82. The Bertz CT molecular complexity index is 1100. The van der Waals surface area contributed by atoms with Crippen molar-refractivity contribution >= 4 is 5.91 Å². The van der Waals surface area contributed by atoms with Crippen molar-refractivity contribution in [2.45, 2.75) is 12.6 Å². The van der Waals surface area contributed by atoms with E-state index in [0.717, 1.165) is 22.6 Å². The predicted molar refractivity (Wildman–Crippen MR) is 126 cm³/mol. The van der Waals surface area contributed by atoms with E-state index in [1.54, 1.807) is 7.11 Å². The van der Waals surface area contributed by atoms with E-state index in [4.69, 9.17) is 9.47 Å². The third-order valence-electron chi connectivity index (χ3n) is 5.91. The van der Waals surface area contributed by atoms with Crippen molar-refractivity contribution < 1.29 is 14.3 Å². The van der Waals surface area contributed by atoms with Gasteiger partial charge in [0.25, 0.3) is 5.91 Å². The highest BCUT2D eigenvalue weighted by atomic mass is 16.5. The average molecular weight is 442 g/mol. The molecule has 1 amide bonds. The summed E-state index contributed by atoms with van der Waals surface area (Å²) >= 11 is 0. The minimum atomic E-state index is -0.347. The third kappa shape index (κ3) is 5.33. The monoisotopic (exact) mass is 441 g/mol. The molecule has 3 aromatic rings. The second kappa shape index (κ2) is 10.7. The van der Waals surface area contributed by atoms with Crippen LogP contribution >= 0.6 is 0 Å². The van der Waals surface area contributed by atoms with Crippen molar-refractivity contribution in [2.75, 3.05) is 33.3 Å². The van der Waals surface area contributed by atoms with Crippen LogP contribution in [0.5, 0.6) is 11.5 Å². The second-order valence-corrected chi connectivity index (χ2v) is 7.89. The number of carbonyl (C=O) groups is 1. The molecular formula is C27H27N3O3. The van der Waals surface area contributed by atoms with Gasteiger partial charge in [-0.25, -0.2) is 0 Å². The van der Waals surface area contributed by atoms with Crippen LogP contribution in [0.1, 0.15) is 27.5 Å². The van der Waals surface area contributed by atoms with Crippen molar-refractivity contribution in [1.82, 2.24) is 9.80 Å². The molecule has 33 heavy (non-hydrogen) atoms. The van der Waals surface area contributed by atoms with Gasteiger partial charge >= 0.3 is 0 Å². The number of amides is 1. The lowest BCUT2D eigenvalue weighted by Gasteiger charge is -2.37. The van der Waals surface area contributed by atoms with Gasteiger partial charge in [-0.15, -0.1) is 0 Å². The molecule has 1 fully saturated rings. The molecule has 0 saturated carbocycles. The minimum Gasteiger partial charge on any atom is -0.497 e. The first-order valence-electron chi connectivity index (χ1n) is 11.0. The number of piperazine rings is 1. The highest BCUT2D eigenvalue weighted by Crippen LogP contribution is 2.25. The molecule has 1 saturated heterocycles. The van der Waals surface area contributed by atoms with Crippen LogP contribution in [0, 0.1) is 11.3 Å². The van der Waals surface area contributed by atoms with Crippen LogP contribution in [-0.2, 0) is 6.61 Å². The first kappa shape index (κ1) is 22.4. The molecule has 1 aliphatic heterocycles. The number of nitriles is 1. The lowest BCUT2D eigenvalue weighted by atomic mass is 10.0. The molecular weight excluding hydrogens is 414 g/mol. The summed E-state index contributed by atoms with van der Waals surface area (Å²) in [6.07, 6.45) is 0. The molecule has 1 aliphatic rings. The topological polar surface area (TPSA) is 65.8 Å². The number of carbonyl (C=O) groups excluding carboxylic acids is 1. The summed E-state index contributed by atoms with van der Waals surface area (Å²) in [5.41, 5.74) is 2.46. The van der Waals surface area contributed by atoms with Gasteiger partial charge < -0.3 is 14.4 Å². The van der Waals surface area contributed by atoms with E-state index in [1.807, 2.05) is 83.8 Å². The van der Waals surface area contributed by atoms with Gasteiger partial charge in [-0.2, -0.15) is 5.26 Å². The molecule has 0 N–H and O–H groups in total. The van der Waals surface area contributed by atoms with Gasteiger partial charge in [0.1, 0.15) is 24.1 Å². The highest BCUT2D eigenvalue weighted by molar-refractivity contribution is 5.95. The molecule has 168 valence electrons. The Morgan fingerprint density at radius 1 is 0.909 bits per heavy atom. The van der Waals surface area contributed by atoms with E-state index < -0.39 is 0 Å². The van der Waals surface area contributed by atoms with Crippen molar-refractivity contribution in [3.63, 3.8) is 0 Å². The zero-order valence-corrected chi connectivity index (χ0v) is 18.7. The van der Waals surface area contributed by atoms with E-state index in [9.17, 15) is 10.1 Å². The van der Waals surface area contributed by atoms with Crippen molar-refractivity contribution in [1.29, 1.82) is 5.26 Å². The molecule has 0 spiro atoms. The zero-order chi connectivity index (χ0) is 23.0. The fourth-order valence-corrected chi connectivity index (χ4v) is 4.04. The Labute approximate surface area is 194 Å². The van der Waals surface area contributed by atoms with E-state index in [1.165, 1.54) is 0 Å². The lowest BCUT2D eigenvalue weighted by molar-refractivity contribution is 0.0604. The molecule has 6 nitrogen and oxygen atoms in total. The SMILES string of the molecule is COc1ccc(C(C#N)N2CCN(C(=O)c3ccccc3COc3ccccc3)CC2)cc1. The van der Waals surface area contributed by atoms with Gasteiger partial charge in [-0.05, 0) is 35.9 Å². The van der Waals surface area contributed by atoms with Crippen LogP contribution in [0.15, 0.2) is 78.9 Å². The molecule has 4 rings (SSSR count). The molecule has 0 aromatic heterocycles. The van der Waals surface area contributed by atoms with E-state index >= 15 is 0 Å². The van der Waals surface area contributed by atoms with Gasteiger partial charge in [0.2, 0.25) is 0 Å².